The van der Waals surface area contributed by atoms with Crippen LogP contribution < -0.4 is 5.32 Å². The Labute approximate surface area is 91.8 Å². The first-order valence-electron chi connectivity index (χ1n) is 5.91. The molecule has 2 rings (SSSR count). The van der Waals surface area contributed by atoms with Gasteiger partial charge in [0.2, 0.25) is 0 Å². The second-order valence-electron chi connectivity index (χ2n) is 4.46. The zero-order chi connectivity index (χ0) is 9.80. The van der Waals surface area contributed by atoms with Crippen molar-refractivity contribution in [1.29, 1.82) is 0 Å². The van der Waals surface area contributed by atoms with Gasteiger partial charge in [-0.2, -0.15) is 11.8 Å². The molecule has 3 heteroatoms. The van der Waals surface area contributed by atoms with Crippen molar-refractivity contribution >= 4 is 11.8 Å². The highest BCUT2D eigenvalue weighted by atomic mass is 32.2. The second kappa shape index (κ2) is 5.38. The van der Waals surface area contributed by atoms with Crippen LogP contribution in [0, 0.1) is 11.8 Å². The van der Waals surface area contributed by atoms with E-state index < -0.39 is 0 Å². The molecule has 0 aromatic carbocycles. The van der Waals surface area contributed by atoms with E-state index in [2.05, 4.69) is 28.9 Å². The summed E-state index contributed by atoms with van der Waals surface area (Å²) in [7, 11) is 0. The van der Waals surface area contributed by atoms with Crippen molar-refractivity contribution in [2.24, 2.45) is 11.8 Å². The Morgan fingerprint density at radius 1 is 1.36 bits per heavy atom. The van der Waals surface area contributed by atoms with Crippen molar-refractivity contribution < 1.29 is 0 Å². The van der Waals surface area contributed by atoms with Gasteiger partial charge in [0.15, 0.2) is 0 Å². The highest BCUT2D eigenvalue weighted by Crippen LogP contribution is 2.26. The molecule has 0 aromatic heterocycles. The number of hydrogen-bond acceptors (Lipinski definition) is 3. The maximum absolute atomic E-state index is 3.52. The predicted octanol–water partition coefficient (Wildman–Crippen LogP) is 1.28. The first-order chi connectivity index (χ1) is 6.90. The van der Waals surface area contributed by atoms with Crippen molar-refractivity contribution in [3.05, 3.63) is 0 Å². The Morgan fingerprint density at radius 2 is 2.21 bits per heavy atom. The van der Waals surface area contributed by atoms with Crippen LogP contribution in [0.5, 0.6) is 0 Å². The minimum absolute atomic E-state index is 0.954. The lowest BCUT2D eigenvalue weighted by atomic mass is 9.89. The molecule has 2 fully saturated rings. The summed E-state index contributed by atoms with van der Waals surface area (Å²) in [6, 6.07) is 0. The van der Waals surface area contributed by atoms with Crippen molar-refractivity contribution in [3.8, 4) is 0 Å². The van der Waals surface area contributed by atoms with E-state index in [-0.39, 0.29) is 0 Å². The average molecular weight is 214 g/mol. The topological polar surface area (TPSA) is 15.3 Å². The Bertz CT molecular complexity index is 175. The van der Waals surface area contributed by atoms with Crippen LogP contribution in [-0.4, -0.2) is 49.1 Å². The van der Waals surface area contributed by atoms with Crippen molar-refractivity contribution in [2.75, 3.05) is 44.2 Å². The molecule has 2 atom stereocenters. The maximum Gasteiger partial charge on any atom is 0.00725 e. The van der Waals surface area contributed by atoms with E-state index in [1.807, 2.05) is 0 Å². The molecule has 2 saturated heterocycles. The fourth-order valence-corrected chi connectivity index (χ4v) is 3.33. The van der Waals surface area contributed by atoms with Gasteiger partial charge in [0.25, 0.3) is 0 Å². The molecule has 2 aliphatic heterocycles. The fourth-order valence-electron chi connectivity index (χ4n) is 2.65. The van der Waals surface area contributed by atoms with Crippen molar-refractivity contribution in [3.63, 3.8) is 0 Å². The number of likely N-dealkylation sites (tertiary alicyclic amines) is 1. The van der Waals surface area contributed by atoms with E-state index in [0.29, 0.717) is 0 Å². The summed E-state index contributed by atoms with van der Waals surface area (Å²) in [6.45, 7) is 8.79. The van der Waals surface area contributed by atoms with Crippen LogP contribution in [0.3, 0.4) is 0 Å². The molecule has 0 bridgehead atoms. The quantitative estimate of drug-likeness (QED) is 0.710. The van der Waals surface area contributed by atoms with E-state index in [4.69, 9.17) is 0 Å². The van der Waals surface area contributed by atoms with Gasteiger partial charge in [0, 0.05) is 18.8 Å². The van der Waals surface area contributed by atoms with Crippen molar-refractivity contribution in [2.45, 2.75) is 13.3 Å². The van der Waals surface area contributed by atoms with E-state index >= 15 is 0 Å². The highest BCUT2D eigenvalue weighted by molar-refractivity contribution is 7.99. The van der Waals surface area contributed by atoms with Crippen LogP contribution in [-0.2, 0) is 0 Å². The summed E-state index contributed by atoms with van der Waals surface area (Å²) < 4.78 is 0. The Kier molecular flexibility index (Phi) is 4.14. The summed E-state index contributed by atoms with van der Waals surface area (Å²) >= 11 is 2.07. The number of fused-ring (bicyclic) bond motifs is 1. The van der Waals surface area contributed by atoms with Crippen LogP contribution in [0.1, 0.15) is 13.3 Å². The lowest BCUT2D eigenvalue weighted by molar-refractivity contribution is 0.157. The summed E-state index contributed by atoms with van der Waals surface area (Å²) in [5, 5.41) is 3.52. The van der Waals surface area contributed by atoms with E-state index in [1.54, 1.807) is 0 Å². The van der Waals surface area contributed by atoms with Crippen LogP contribution in [0.15, 0.2) is 0 Å². The van der Waals surface area contributed by atoms with Gasteiger partial charge < -0.3 is 10.2 Å². The van der Waals surface area contributed by atoms with Crippen LogP contribution in [0.2, 0.25) is 0 Å². The van der Waals surface area contributed by atoms with Gasteiger partial charge in [-0.05, 0) is 43.6 Å². The second-order valence-corrected chi connectivity index (χ2v) is 5.86. The smallest absolute Gasteiger partial charge is 0.00725 e. The van der Waals surface area contributed by atoms with Gasteiger partial charge in [-0.25, -0.2) is 0 Å². The molecule has 2 unspecified atom stereocenters. The third-order valence-corrected chi connectivity index (χ3v) is 4.42. The monoisotopic (exact) mass is 214 g/mol. The average Bonchev–Trinajstić information content (AvgIpc) is 2.65. The Balaban J connectivity index is 1.69. The number of nitrogens with zero attached hydrogens (tertiary/aromatic N) is 1. The minimum Gasteiger partial charge on any atom is -0.316 e. The fraction of sp³-hybridized carbons (Fsp3) is 1.00. The van der Waals surface area contributed by atoms with Crippen LogP contribution in [0.4, 0.5) is 0 Å². The number of rotatable bonds is 4. The number of hydrogen-bond donors (Lipinski definition) is 1. The molecule has 1 N–H and O–H groups in total. The molecule has 2 heterocycles. The molecular formula is C11H22N2S. The third kappa shape index (κ3) is 2.65. The van der Waals surface area contributed by atoms with E-state index in [9.17, 15) is 0 Å². The Hall–Kier alpha value is 0.270. The molecule has 0 radical (unpaired) electrons. The molecular weight excluding hydrogens is 192 g/mol. The van der Waals surface area contributed by atoms with E-state index in [0.717, 1.165) is 11.8 Å². The largest absolute Gasteiger partial charge is 0.316 e. The number of nitrogens with one attached hydrogen (secondary N) is 1. The van der Waals surface area contributed by atoms with Crippen molar-refractivity contribution in [1.82, 2.24) is 10.2 Å². The molecule has 2 aliphatic rings. The molecule has 14 heavy (non-hydrogen) atoms. The molecule has 0 aromatic rings. The van der Waals surface area contributed by atoms with E-state index in [1.165, 1.54) is 50.7 Å². The van der Waals surface area contributed by atoms with Crippen LogP contribution >= 0.6 is 11.8 Å². The van der Waals surface area contributed by atoms with Crippen LogP contribution in [0.25, 0.3) is 0 Å². The molecule has 0 aliphatic carbocycles. The van der Waals surface area contributed by atoms with Gasteiger partial charge in [-0.15, -0.1) is 0 Å². The predicted molar refractivity (Wildman–Crippen MR) is 63.9 cm³/mol. The standard InChI is InChI=1S/C11H22N2S/c1-2-14-6-5-13-4-3-10-7-12-8-11(10)9-13/h10-12H,2-9H2,1H3. The first-order valence-corrected chi connectivity index (χ1v) is 7.06. The number of thioether (sulfide) groups is 1. The third-order valence-electron chi connectivity index (χ3n) is 3.54. The SMILES string of the molecule is CCSCCN1CCC2CNCC2C1. The highest BCUT2D eigenvalue weighted by Gasteiger charge is 2.32. The lowest BCUT2D eigenvalue weighted by Gasteiger charge is -2.34. The number of piperidine rings is 1. The molecule has 0 spiro atoms. The van der Waals surface area contributed by atoms with Gasteiger partial charge in [0.1, 0.15) is 0 Å². The minimum atomic E-state index is 0.954. The molecule has 2 nitrogen and oxygen atoms in total. The van der Waals surface area contributed by atoms with Gasteiger partial charge >= 0.3 is 0 Å². The van der Waals surface area contributed by atoms with Gasteiger partial charge in [-0.3, -0.25) is 0 Å². The normalized spacial score (nSPS) is 33.2. The summed E-state index contributed by atoms with van der Waals surface area (Å²) in [4.78, 5) is 2.66. The van der Waals surface area contributed by atoms with Gasteiger partial charge in [-0.1, -0.05) is 6.92 Å². The lowest BCUT2D eigenvalue weighted by Crippen LogP contribution is -2.40. The summed E-state index contributed by atoms with van der Waals surface area (Å²) in [5.74, 6) is 4.53. The molecule has 82 valence electrons. The van der Waals surface area contributed by atoms with Gasteiger partial charge in [0.05, 0.1) is 0 Å². The molecule has 0 saturated carbocycles. The summed E-state index contributed by atoms with van der Waals surface area (Å²) in [5.41, 5.74) is 0. The molecule has 0 amide bonds. The summed E-state index contributed by atoms with van der Waals surface area (Å²) in [6.07, 6.45) is 1.43. The zero-order valence-electron chi connectivity index (χ0n) is 9.17. The Morgan fingerprint density at radius 3 is 3.07 bits per heavy atom. The first kappa shape index (κ1) is 10.8. The maximum atomic E-state index is 3.52. The zero-order valence-corrected chi connectivity index (χ0v) is 9.98.